The second-order valence-corrected chi connectivity index (χ2v) is 6.48. The highest BCUT2D eigenvalue weighted by Gasteiger charge is 2.29. The summed E-state index contributed by atoms with van der Waals surface area (Å²) in [6.45, 7) is 1.40. The summed E-state index contributed by atoms with van der Waals surface area (Å²) >= 11 is 0. The summed E-state index contributed by atoms with van der Waals surface area (Å²) in [5, 5.41) is 0. The highest BCUT2D eigenvalue weighted by molar-refractivity contribution is 5.72. The number of ether oxygens (including phenoxy) is 2. The third kappa shape index (κ3) is 2.86. The molecule has 4 rings (SSSR count). The molecule has 1 atom stereocenters. The summed E-state index contributed by atoms with van der Waals surface area (Å²) in [5.41, 5.74) is 2.53. The Bertz CT molecular complexity index is 975. The van der Waals surface area contributed by atoms with Crippen molar-refractivity contribution in [3.05, 3.63) is 58.6 Å². The van der Waals surface area contributed by atoms with Crippen molar-refractivity contribution in [2.75, 3.05) is 20.8 Å². The lowest BCUT2D eigenvalue weighted by molar-refractivity contribution is 0.194. The van der Waals surface area contributed by atoms with Crippen LogP contribution in [0.5, 0.6) is 11.5 Å². The summed E-state index contributed by atoms with van der Waals surface area (Å²) in [7, 11) is 3.34. The van der Waals surface area contributed by atoms with Crippen LogP contribution in [0.25, 0.3) is 11.1 Å². The van der Waals surface area contributed by atoms with E-state index in [2.05, 4.69) is 4.90 Å². The molecule has 1 aliphatic rings. The van der Waals surface area contributed by atoms with Gasteiger partial charge in [-0.2, -0.15) is 0 Å². The summed E-state index contributed by atoms with van der Waals surface area (Å²) in [5.74, 6) is 1.32. The van der Waals surface area contributed by atoms with E-state index in [1.807, 2.05) is 42.5 Å². The van der Waals surface area contributed by atoms with Gasteiger partial charge in [-0.25, -0.2) is 4.79 Å². The molecular formula is C20H22N2O4. The average molecular weight is 354 g/mol. The zero-order valence-corrected chi connectivity index (χ0v) is 15.0. The monoisotopic (exact) mass is 354 g/mol. The summed E-state index contributed by atoms with van der Waals surface area (Å²) in [6, 6.07) is 13.5. The molecule has 0 saturated carbocycles. The van der Waals surface area contributed by atoms with Gasteiger partial charge in [-0.05, 0) is 43.2 Å². The van der Waals surface area contributed by atoms with Crippen LogP contribution < -0.4 is 15.2 Å². The first-order chi connectivity index (χ1) is 12.7. The first-order valence-corrected chi connectivity index (χ1v) is 8.75. The highest BCUT2D eigenvalue weighted by Crippen LogP contribution is 2.39. The number of aromatic nitrogens is 1. The molecule has 136 valence electrons. The fraction of sp³-hybridized carbons (Fsp3) is 0.350. The molecule has 1 aromatic heterocycles. The molecule has 0 aliphatic carbocycles. The number of likely N-dealkylation sites (tertiary alicyclic amines) is 1. The van der Waals surface area contributed by atoms with Gasteiger partial charge < -0.3 is 13.9 Å². The molecule has 1 aliphatic heterocycles. The molecule has 0 unspecified atom stereocenters. The number of fused-ring (bicyclic) bond motifs is 1. The van der Waals surface area contributed by atoms with Crippen molar-refractivity contribution in [1.29, 1.82) is 0 Å². The molecule has 6 nitrogen and oxygen atoms in total. The maximum absolute atomic E-state index is 12.3. The van der Waals surface area contributed by atoms with Crippen molar-refractivity contribution in [3.63, 3.8) is 0 Å². The Morgan fingerprint density at radius 3 is 2.81 bits per heavy atom. The molecule has 0 amide bonds. The van der Waals surface area contributed by atoms with Gasteiger partial charge in [0.2, 0.25) is 0 Å². The maximum Gasteiger partial charge on any atom is 0.421 e. The Morgan fingerprint density at radius 1 is 1.15 bits per heavy atom. The van der Waals surface area contributed by atoms with E-state index in [4.69, 9.17) is 13.9 Å². The van der Waals surface area contributed by atoms with E-state index < -0.39 is 0 Å². The number of para-hydroxylation sites is 2. The molecule has 0 radical (unpaired) electrons. The third-order valence-electron chi connectivity index (χ3n) is 5.06. The first-order valence-electron chi connectivity index (χ1n) is 8.75. The molecule has 0 spiro atoms. The SMILES string of the molecule is COc1ccc(OC)c([C@@H]2CCCN2Cn2c(=O)oc3ccccc32)c1. The predicted molar refractivity (Wildman–Crippen MR) is 98.7 cm³/mol. The minimum atomic E-state index is -0.325. The fourth-order valence-corrected chi connectivity index (χ4v) is 3.78. The van der Waals surface area contributed by atoms with Crippen molar-refractivity contribution in [3.8, 4) is 11.5 Å². The molecule has 2 heterocycles. The van der Waals surface area contributed by atoms with E-state index in [1.54, 1.807) is 18.8 Å². The minimum absolute atomic E-state index is 0.167. The van der Waals surface area contributed by atoms with Crippen molar-refractivity contribution in [2.45, 2.75) is 25.6 Å². The second kappa shape index (κ2) is 6.88. The topological polar surface area (TPSA) is 56.8 Å². The van der Waals surface area contributed by atoms with Crippen LogP contribution in [0.2, 0.25) is 0 Å². The van der Waals surface area contributed by atoms with Gasteiger partial charge in [-0.15, -0.1) is 0 Å². The van der Waals surface area contributed by atoms with E-state index in [0.717, 1.165) is 42.0 Å². The number of nitrogens with zero attached hydrogens (tertiary/aromatic N) is 2. The van der Waals surface area contributed by atoms with Crippen LogP contribution in [0.15, 0.2) is 51.7 Å². The van der Waals surface area contributed by atoms with Crippen LogP contribution >= 0.6 is 0 Å². The zero-order chi connectivity index (χ0) is 18.1. The first kappa shape index (κ1) is 16.7. The molecule has 0 N–H and O–H groups in total. The number of hydrogen-bond donors (Lipinski definition) is 0. The van der Waals surface area contributed by atoms with Gasteiger partial charge in [0, 0.05) is 18.2 Å². The Morgan fingerprint density at radius 2 is 2.00 bits per heavy atom. The van der Waals surface area contributed by atoms with E-state index in [1.165, 1.54) is 0 Å². The Kier molecular flexibility index (Phi) is 4.42. The van der Waals surface area contributed by atoms with Crippen LogP contribution in [0, 0.1) is 0 Å². The average Bonchev–Trinajstić information content (AvgIpc) is 3.26. The lowest BCUT2D eigenvalue weighted by Crippen LogP contribution is -2.30. The van der Waals surface area contributed by atoms with Gasteiger partial charge in [0.25, 0.3) is 0 Å². The van der Waals surface area contributed by atoms with Crippen molar-refractivity contribution >= 4 is 11.1 Å². The number of methoxy groups -OCH3 is 2. The minimum Gasteiger partial charge on any atom is -0.497 e. The molecule has 26 heavy (non-hydrogen) atoms. The van der Waals surface area contributed by atoms with Crippen LogP contribution in [-0.4, -0.2) is 30.2 Å². The third-order valence-corrected chi connectivity index (χ3v) is 5.06. The summed E-state index contributed by atoms with van der Waals surface area (Å²) in [6.07, 6.45) is 2.07. The van der Waals surface area contributed by atoms with E-state index >= 15 is 0 Å². The largest absolute Gasteiger partial charge is 0.497 e. The Hall–Kier alpha value is -2.73. The molecule has 0 bridgehead atoms. The standard InChI is InChI=1S/C20H22N2O4/c1-24-14-9-10-18(25-2)15(12-14)16-7-5-11-21(16)13-22-17-6-3-4-8-19(17)26-20(22)23/h3-4,6,8-10,12,16H,5,7,11,13H2,1-2H3/t16-/m0/s1. The molecule has 1 fully saturated rings. The predicted octanol–water partition coefficient (Wildman–Crippen LogP) is 3.41. The van der Waals surface area contributed by atoms with Gasteiger partial charge in [0.1, 0.15) is 11.5 Å². The Labute approximate surface area is 151 Å². The molecule has 6 heteroatoms. The highest BCUT2D eigenvalue weighted by atomic mass is 16.5. The van der Waals surface area contributed by atoms with Crippen LogP contribution in [0.3, 0.4) is 0 Å². The van der Waals surface area contributed by atoms with E-state index in [-0.39, 0.29) is 11.8 Å². The quantitative estimate of drug-likeness (QED) is 0.703. The lowest BCUT2D eigenvalue weighted by atomic mass is 10.0. The van der Waals surface area contributed by atoms with Crippen LogP contribution in [0.4, 0.5) is 0 Å². The summed E-state index contributed by atoms with van der Waals surface area (Å²) < 4.78 is 18.0. The molecule has 2 aromatic carbocycles. The number of oxazole rings is 1. The number of rotatable bonds is 5. The van der Waals surface area contributed by atoms with Gasteiger partial charge in [-0.3, -0.25) is 9.47 Å². The van der Waals surface area contributed by atoms with Crippen LogP contribution in [-0.2, 0) is 6.67 Å². The van der Waals surface area contributed by atoms with Crippen LogP contribution in [0.1, 0.15) is 24.4 Å². The van der Waals surface area contributed by atoms with Gasteiger partial charge in [0.15, 0.2) is 5.58 Å². The number of benzene rings is 2. The number of hydrogen-bond acceptors (Lipinski definition) is 5. The van der Waals surface area contributed by atoms with E-state index in [0.29, 0.717) is 12.3 Å². The normalized spacial score (nSPS) is 17.7. The fourth-order valence-electron chi connectivity index (χ4n) is 3.78. The molecule has 3 aromatic rings. The molecular weight excluding hydrogens is 332 g/mol. The van der Waals surface area contributed by atoms with Gasteiger partial charge in [0.05, 0.1) is 26.4 Å². The maximum atomic E-state index is 12.3. The smallest absolute Gasteiger partial charge is 0.421 e. The lowest BCUT2D eigenvalue weighted by Gasteiger charge is -2.26. The second-order valence-electron chi connectivity index (χ2n) is 6.48. The summed E-state index contributed by atoms with van der Waals surface area (Å²) in [4.78, 5) is 14.6. The zero-order valence-electron chi connectivity index (χ0n) is 15.0. The van der Waals surface area contributed by atoms with Gasteiger partial charge in [-0.1, -0.05) is 12.1 Å². The van der Waals surface area contributed by atoms with Gasteiger partial charge >= 0.3 is 5.76 Å². The van der Waals surface area contributed by atoms with Crippen molar-refractivity contribution in [1.82, 2.24) is 9.47 Å². The van der Waals surface area contributed by atoms with E-state index in [9.17, 15) is 4.79 Å². The Balaban J connectivity index is 1.69. The van der Waals surface area contributed by atoms with Crippen molar-refractivity contribution in [2.24, 2.45) is 0 Å². The molecule has 1 saturated heterocycles. The van der Waals surface area contributed by atoms with Crippen molar-refractivity contribution < 1.29 is 13.9 Å².